The van der Waals surface area contributed by atoms with Gasteiger partial charge in [0.15, 0.2) is 0 Å². The zero-order chi connectivity index (χ0) is 18.4. The molecular formula is C20H19ClN4O. The van der Waals surface area contributed by atoms with Gasteiger partial charge in [-0.15, -0.1) is 0 Å². The minimum atomic E-state index is -0.235. The molecule has 5 nitrogen and oxygen atoms in total. The second-order valence-electron chi connectivity index (χ2n) is 5.89. The lowest BCUT2D eigenvalue weighted by molar-refractivity contribution is 0.0949. The van der Waals surface area contributed by atoms with Crippen molar-refractivity contribution in [1.82, 2.24) is 15.3 Å². The van der Waals surface area contributed by atoms with E-state index in [4.69, 9.17) is 11.6 Å². The van der Waals surface area contributed by atoms with Crippen molar-refractivity contribution >= 4 is 29.1 Å². The molecule has 1 heterocycles. The standard InChI is InChI=1S/C20H19ClN4O/c1-14-5-7-17(8-6-14)24-20-23-12-10-18(25-20)19(26)22-11-9-15-3-2-4-16(21)13-15/h2-8,10,12-13H,9,11H2,1H3,(H,22,26)(H,23,24,25). The number of hydrogen-bond donors (Lipinski definition) is 2. The quantitative estimate of drug-likeness (QED) is 0.687. The van der Waals surface area contributed by atoms with Crippen LogP contribution in [0.15, 0.2) is 60.8 Å². The summed E-state index contributed by atoms with van der Waals surface area (Å²) in [4.78, 5) is 20.7. The molecule has 0 aliphatic rings. The first-order valence-corrected chi connectivity index (χ1v) is 8.67. The SMILES string of the molecule is Cc1ccc(Nc2nccc(C(=O)NCCc3cccc(Cl)c3)n2)cc1. The molecule has 0 bridgehead atoms. The molecule has 0 radical (unpaired) electrons. The van der Waals surface area contributed by atoms with Crippen molar-refractivity contribution in [2.24, 2.45) is 0 Å². The van der Waals surface area contributed by atoms with Crippen LogP contribution in [0.2, 0.25) is 5.02 Å². The summed E-state index contributed by atoms with van der Waals surface area (Å²) in [5.41, 5.74) is 3.43. The van der Waals surface area contributed by atoms with Crippen LogP contribution in [0.5, 0.6) is 0 Å². The van der Waals surface area contributed by atoms with Crippen LogP contribution < -0.4 is 10.6 Å². The van der Waals surface area contributed by atoms with Crippen molar-refractivity contribution in [1.29, 1.82) is 0 Å². The molecule has 0 atom stereocenters. The first-order chi connectivity index (χ1) is 12.6. The number of benzene rings is 2. The lowest BCUT2D eigenvalue weighted by Crippen LogP contribution is -2.26. The molecule has 0 spiro atoms. The van der Waals surface area contributed by atoms with Gasteiger partial charge in [-0.1, -0.05) is 41.4 Å². The van der Waals surface area contributed by atoms with Gasteiger partial charge in [0.25, 0.3) is 5.91 Å². The topological polar surface area (TPSA) is 66.9 Å². The van der Waals surface area contributed by atoms with Crippen LogP contribution in [0.1, 0.15) is 21.6 Å². The summed E-state index contributed by atoms with van der Waals surface area (Å²) < 4.78 is 0. The Bertz CT molecular complexity index is 896. The maximum Gasteiger partial charge on any atom is 0.270 e. The van der Waals surface area contributed by atoms with E-state index in [1.54, 1.807) is 12.3 Å². The Morgan fingerprint density at radius 3 is 2.69 bits per heavy atom. The highest BCUT2D eigenvalue weighted by Gasteiger charge is 2.08. The van der Waals surface area contributed by atoms with E-state index < -0.39 is 0 Å². The Balaban J connectivity index is 1.58. The van der Waals surface area contributed by atoms with Crippen LogP contribution in [-0.2, 0) is 6.42 Å². The average Bonchev–Trinajstić information content (AvgIpc) is 2.64. The van der Waals surface area contributed by atoms with Gasteiger partial charge < -0.3 is 10.6 Å². The number of amides is 1. The first kappa shape index (κ1) is 17.9. The second-order valence-corrected chi connectivity index (χ2v) is 6.33. The molecule has 3 rings (SSSR count). The van der Waals surface area contributed by atoms with Crippen LogP contribution in [0.25, 0.3) is 0 Å². The largest absolute Gasteiger partial charge is 0.350 e. The van der Waals surface area contributed by atoms with Crippen LogP contribution in [0.4, 0.5) is 11.6 Å². The first-order valence-electron chi connectivity index (χ1n) is 8.29. The fourth-order valence-electron chi connectivity index (χ4n) is 2.41. The number of nitrogens with zero attached hydrogens (tertiary/aromatic N) is 2. The molecule has 0 saturated heterocycles. The Morgan fingerprint density at radius 2 is 1.92 bits per heavy atom. The van der Waals surface area contributed by atoms with E-state index >= 15 is 0 Å². The van der Waals surface area contributed by atoms with Gasteiger partial charge in [0.05, 0.1) is 0 Å². The highest BCUT2D eigenvalue weighted by atomic mass is 35.5. The van der Waals surface area contributed by atoms with Crippen LogP contribution >= 0.6 is 11.6 Å². The number of aromatic nitrogens is 2. The number of rotatable bonds is 6. The van der Waals surface area contributed by atoms with E-state index in [9.17, 15) is 4.79 Å². The zero-order valence-corrected chi connectivity index (χ0v) is 15.1. The minimum Gasteiger partial charge on any atom is -0.350 e. The van der Waals surface area contributed by atoms with E-state index in [1.165, 1.54) is 5.56 Å². The molecule has 1 aromatic heterocycles. The second kappa shape index (κ2) is 8.45. The Kier molecular flexibility index (Phi) is 5.81. The number of halogens is 1. The molecule has 0 unspecified atom stereocenters. The molecule has 0 fully saturated rings. The van der Waals surface area contributed by atoms with E-state index in [2.05, 4.69) is 20.6 Å². The van der Waals surface area contributed by atoms with Gasteiger partial charge in [0.2, 0.25) is 5.95 Å². The molecule has 6 heteroatoms. The van der Waals surface area contributed by atoms with E-state index in [0.717, 1.165) is 11.3 Å². The minimum absolute atomic E-state index is 0.235. The van der Waals surface area contributed by atoms with Gasteiger partial charge in [0, 0.05) is 23.5 Å². The van der Waals surface area contributed by atoms with Gasteiger partial charge in [-0.2, -0.15) is 0 Å². The van der Waals surface area contributed by atoms with Crippen LogP contribution in [0, 0.1) is 6.92 Å². The summed E-state index contributed by atoms with van der Waals surface area (Å²) in [7, 11) is 0. The predicted molar refractivity (Wildman–Crippen MR) is 104 cm³/mol. The molecule has 2 aromatic carbocycles. The Hall–Kier alpha value is -2.92. The summed E-state index contributed by atoms with van der Waals surface area (Å²) >= 11 is 5.96. The van der Waals surface area contributed by atoms with Crippen molar-refractivity contribution < 1.29 is 4.79 Å². The third kappa shape index (κ3) is 5.04. The van der Waals surface area contributed by atoms with E-state index in [-0.39, 0.29) is 5.91 Å². The van der Waals surface area contributed by atoms with E-state index in [0.29, 0.717) is 29.6 Å². The summed E-state index contributed by atoms with van der Waals surface area (Å²) in [6.07, 6.45) is 2.27. The van der Waals surface area contributed by atoms with Crippen molar-refractivity contribution in [3.63, 3.8) is 0 Å². The Labute approximate surface area is 157 Å². The monoisotopic (exact) mass is 366 g/mol. The van der Waals surface area contributed by atoms with Gasteiger partial charge in [-0.3, -0.25) is 4.79 Å². The maximum absolute atomic E-state index is 12.3. The molecule has 132 valence electrons. The van der Waals surface area contributed by atoms with Crippen LogP contribution in [0.3, 0.4) is 0 Å². The smallest absolute Gasteiger partial charge is 0.270 e. The summed E-state index contributed by atoms with van der Waals surface area (Å²) in [5.74, 6) is 0.151. The summed E-state index contributed by atoms with van der Waals surface area (Å²) in [5, 5.41) is 6.65. The molecule has 3 aromatic rings. The van der Waals surface area contributed by atoms with Gasteiger partial charge >= 0.3 is 0 Å². The fourth-order valence-corrected chi connectivity index (χ4v) is 2.63. The normalized spacial score (nSPS) is 10.4. The van der Waals surface area contributed by atoms with Crippen molar-refractivity contribution in [2.75, 3.05) is 11.9 Å². The summed E-state index contributed by atoms with van der Waals surface area (Å²) in [6, 6.07) is 17.1. The van der Waals surface area contributed by atoms with Crippen molar-refractivity contribution in [3.05, 3.63) is 82.6 Å². The van der Waals surface area contributed by atoms with Crippen LogP contribution in [-0.4, -0.2) is 22.4 Å². The highest BCUT2D eigenvalue weighted by Crippen LogP contribution is 2.14. The fraction of sp³-hybridized carbons (Fsp3) is 0.150. The zero-order valence-electron chi connectivity index (χ0n) is 14.4. The number of aryl methyl sites for hydroxylation is 1. The Morgan fingerprint density at radius 1 is 1.12 bits per heavy atom. The van der Waals surface area contributed by atoms with E-state index in [1.807, 2.05) is 55.5 Å². The average molecular weight is 367 g/mol. The number of carbonyl (C=O) groups is 1. The summed E-state index contributed by atoms with van der Waals surface area (Å²) in [6.45, 7) is 2.53. The molecule has 26 heavy (non-hydrogen) atoms. The third-order valence-corrected chi connectivity index (χ3v) is 4.02. The maximum atomic E-state index is 12.3. The third-order valence-electron chi connectivity index (χ3n) is 3.78. The number of hydrogen-bond acceptors (Lipinski definition) is 4. The van der Waals surface area contributed by atoms with Crippen molar-refractivity contribution in [2.45, 2.75) is 13.3 Å². The molecule has 0 aliphatic carbocycles. The van der Waals surface area contributed by atoms with Gasteiger partial charge in [0.1, 0.15) is 5.69 Å². The molecule has 0 aliphatic heterocycles. The lowest BCUT2D eigenvalue weighted by Gasteiger charge is -2.08. The number of anilines is 2. The molecule has 2 N–H and O–H groups in total. The van der Waals surface area contributed by atoms with Gasteiger partial charge in [-0.25, -0.2) is 9.97 Å². The molecule has 0 saturated carbocycles. The highest BCUT2D eigenvalue weighted by molar-refractivity contribution is 6.30. The van der Waals surface area contributed by atoms with Crippen molar-refractivity contribution in [3.8, 4) is 0 Å². The van der Waals surface area contributed by atoms with Gasteiger partial charge in [-0.05, 0) is 49.2 Å². The lowest BCUT2D eigenvalue weighted by atomic mass is 10.1. The number of carbonyl (C=O) groups excluding carboxylic acids is 1. The number of nitrogens with one attached hydrogen (secondary N) is 2. The molecular weight excluding hydrogens is 348 g/mol. The molecule has 1 amide bonds. The predicted octanol–water partition coefficient (Wildman–Crippen LogP) is 4.15.